The molecule has 17 heavy (non-hydrogen) atoms. The lowest BCUT2D eigenvalue weighted by Gasteiger charge is -2.20. The van der Waals surface area contributed by atoms with Crippen molar-refractivity contribution in [2.75, 3.05) is 6.79 Å². The Morgan fingerprint density at radius 3 is 2.94 bits per heavy atom. The molecule has 5 heteroatoms. The third kappa shape index (κ3) is 1.76. The number of hydrogen-bond donors (Lipinski definition) is 3. The van der Waals surface area contributed by atoms with Crippen LogP contribution in [-0.2, 0) is 0 Å². The highest BCUT2D eigenvalue weighted by Crippen LogP contribution is 2.36. The maximum absolute atomic E-state index is 6.08. The first-order chi connectivity index (χ1) is 8.29. The Kier molecular flexibility index (Phi) is 2.66. The van der Waals surface area contributed by atoms with Gasteiger partial charge in [-0.2, -0.15) is 0 Å². The predicted molar refractivity (Wildman–Crippen MR) is 63.6 cm³/mol. The molecule has 0 radical (unpaired) electrons. The van der Waals surface area contributed by atoms with Crippen LogP contribution in [0.4, 0.5) is 0 Å². The normalized spacial score (nSPS) is 30.8. The first kappa shape index (κ1) is 10.8. The molecule has 1 aromatic rings. The topological polar surface area (TPSA) is 68.5 Å². The molecule has 2 aliphatic rings. The summed E-state index contributed by atoms with van der Waals surface area (Å²) in [7, 11) is 0. The number of rotatable bonds is 2. The highest BCUT2D eigenvalue weighted by molar-refractivity contribution is 5.46. The van der Waals surface area contributed by atoms with Crippen LogP contribution >= 0.6 is 0 Å². The lowest BCUT2D eigenvalue weighted by atomic mass is 9.89. The molecule has 3 rings (SSSR count). The summed E-state index contributed by atoms with van der Waals surface area (Å²) in [5.74, 6) is 1.89. The second-order valence-electron chi connectivity index (χ2n) is 4.47. The third-order valence-corrected chi connectivity index (χ3v) is 3.48. The zero-order valence-electron chi connectivity index (χ0n) is 9.77. The predicted octanol–water partition coefficient (Wildman–Crippen LogP) is 0.670. The fraction of sp³-hybridized carbons (Fsp3) is 0.500. The van der Waals surface area contributed by atoms with E-state index in [4.69, 9.17) is 15.2 Å². The maximum atomic E-state index is 6.08. The van der Waals surface area contributed by atoms with E-state index in [1.54, 1.807) is 0 Å². The maximum Gasteiger partial charge on any atom is 0.231 e. The van der Waals surface area contributed by atoms with Crippen LogP contribution in [0.25, 0.3) is 0 Å². The number of benzene rings is 1. The van der Waals surface area contributed by atoms with Crippen molar-refractivity contribution in [3.63, 3.8) is 0 Å². The molecule has 92 valence electrons. The van der Waals surface area contributed by atoms with Gasteiger partial charge in [-0.25, -0.2) is 5.43 Å². The van der Waals surface area contributed by atoms with Crippen molar-refractivity contribution in [1.29, 1.82) is 0 Å². The van der Waals surface area contributed by atoms with E-state index in [0.717, 1.165) is 17.9 Å². The molecule has 1 saturated heterocycles. The smallest absolute Gasteiger partial charge is 0.231 e. The molecule has 2 heterocycles. The fourth-order valence-electron chi connectivity index (χ4n) is 2.55. The first-order valence-corrected chi connectivity index (χ1v) is 5.96. The van der Waals surface area contributed by atoms with Gasteiger partial charge in [-0.15, -0.1) is 0 Å². The number of nitrogens with one attached hydrogen (secondary N) is 2. The quantitative estimate of drug-likeness (QED) is 0.703. The molecule has 0 saturated carbocycles. The Balaban J connectivity index is 1.92. The average Bonchev–Trinajstić information content (AvgIpc) is 2.93. The van der Waals surface area contributed by atoms with Gasteiger partial charge >= 0.3 is 0 Å². The number of fused-ring (bicyclic) bond motifs is 1. The van der Waals surface area contributed by atoms with Crippen LogP contribution in [0.1, 0.15) is 24.8 Å². The number of nitrogens with two attached hydrogens (primary N) is 1. The van der Waals surface area contributed by atoms with Gasteiger partial charge in [-0.05, 0) is 24.1 Å². The summed E-state index contributed by atoms with van der Waals surface area (Å²) < 4.78 is 10.7. The van der Waals surface area contributed by atoms with E-state index in [-0.39, 0.29) is 12.1 Å². The Bertz CT molecular complexity index is 424. The molecule has 0 bridgehead atoms. The van der Waals surface area contributed by atoms with Crippen LogP contribution in [-0.4, -0.2) is 19.0 Å². The summed E-state index contributed by atoms with van der Waals surface area (Å²) in [5.41, 5.74) is 13.6. The third-order valence-electron chi connectivity index (χ3n) is 3.48. The van der Waals surface area contributed by atoms with Crippen molar-refractivity contribution in [3.8, 4) is 11.5 Å². The zero-order valence-corrected chi connectivity index (χ0v) is 9.77. The zero-order chi connectivity index (χ0) is 11.8. The SMILES string of the molecule is CCC1NNC(N)C1c1ccc2c(c1)OCO2. The molecule has 1 fully saturated rings. The molecule has 0 aromatic heterocycles. The van der Waals surface area contributed by atoms with Crippen molar-refractivity contribution in [1.82, 2.24) is 10.9 Å². The van der Waals surface area contributed by atoms with Crippen molar-refractivity contribution in [2.24, 2.45) is 5.73 Å². The van der Waals surface area contributed by atoms with Crippen LogP contribution in [0, 0.1) is 0 Å². The minimum Gasteiger partial charge on any atom is -0.454 e. The van der Waals surface area contributed by atoms with Crippen molar-refractivity contribution in [3.05, 3.63) is 23.8 Å². The summed E-state index contributed by atoms with van der Waals surface area (Å²) in [6.45, 7) is 2.46. The minimum atomic E-state index is -0.0691. The molecule has 0 spiro atoms. The van der Waals surface area contributed by atoms with Gasteiger partial charge in [0.1, 0.15) is 0 Å². The summed E-state index contributed by atoms with van der Waals surface area (Å²) in [4.78, 5) is 0. The van der Waals surface area contributed by atoms with Gasteiger partial charge in [0.2, 0.25) is 6.79 Å². The highest BCUT2D eigenvalue weighted by atomic mass is 16.7. The number of ether oxygens (including phenoxy) is 2. The molecule has 1 aromatic carbocycles. The van der Waals surface area contributed by atoms with E-state index in [0.29, 0.717) is 12.8 Å². The Hall–Kier alpha value is -1.30. The summed E-state index contributed by atoms with van der Waals surface area (Å²) in [5, 5.41) is 0. The van der Waals surface area contributed by atoms with Gasteiger partial charge in [-0.3, -0.25) is 5.43 Å². The van der Waals surface area contributed by atoms with Gasteiger partial charge in [0.15, 0.2) is 11.5 Å². The van der Waals surface area contributed by atoms with Crippen LogP contribution in [0.15, 0.2) is 18.2 Å². The second kappa shape index (κ2) is 4.18. The molecular formula is C12H17N3O2. The monoisotopic (exact) mass is 235 g/mol. The molecule has 0 aliphatic carbocycles. The van der Waals surface area contributed by atoms with Gasteiger partial charge in [0, 0.05) is 12.0 Å². The fourth-order valence-corrected chi connectivity index (χ4v) is 2.55. The lowest BCUT2D eigenvalue weighted by molar-refractivity contribution is 0.174. The highest BCUT2D eigenvalue weighted by Gasteiger charge is 2.34. The van der Waals surface area contributed by atoms with E-state index in [2.05, 4.69) is 23.8 Å². The molecular weight excluding hydrogens is 218 g/mol. The van der Waals surface area contributed by atoms with E-state index in [1.807, 2.05) is 12.1 Å². The van der Waals surface area contributed by atoms with Crippen molar-refractivity contribution < 1.29 is 9.47 Å². The van der Waals surface area contributed by atoms with Crippen LogP contribution < -0.4 is 26.1 Å². The molecule has 3 atom stereocenters. The van der Waals surface area contributed by atoms with Gasteiger partial charge < -0.3 is 15.2 Å². The van der Waals surface area contributed by atoms with E-state index in [1.165, 1.54) is 5.56 Å². The Labute approximate surface area is 100 Å². The van der Waals surface area contributed by atoms with Gasteiger partial charge in [0.25, 0.3) is 0 Å². The first-order valence-electron chi connectivity index (χ1n) is 5.96. The molecule has 0 amide bonds. The second-order valence-corrected chi connectivity index (χ2v) is 4.47. The van der Waals surface area contributed by atoms with Crippen LogP contribution in [0.2, 0.25) is 0 Å². The minimum absolute atomic E-state index is 0.0691. The number of hydrogen-bond acceptors (Lipinski definition) is 5. The molecule has 2 aliphatic heterocycles. The van der Waals surface area contributed by atoms with E-state index >= 15 is 0 Å². The van der Waals surface area contributed by atoms with Gasteiger partial charge in [-0.1, -0.05) is 13.0 Å². The Morgan fingerprint density at radius 2 is 2.12 bits per heavy atom. The average molecular weight is 235 g/mol. The lowest BCUT2D eigenvalue weighted by Crippen LogP contribution is -2.38. The van der Waals surface area contributed by atoms with E-state index < -0.39 is 0 Å². The van der Waals surface area contributed by atoms with Crippen molar-refractivity contribution in [2.45, 2.75) is 31.5 Å². The summed E-state index contributed by atoms with van der Waals surface area (Å²) in [6.07, 6.45) is 0.958. The van der Waals surface area contributed by atoms with Crippen LogP contribution in [0.3, 0.4) is 0 Å². The molecule has 5 nitrogen and oxygen atoms in total. The number of hydrazine groups is 1. The standard InChI is InChI=1S/C12H17N3O2/c1-2-8-11(12(13)15-14-8)7-3-4-9-10(5-7)17-6-16-9/h3-5,8,11-12,14-15H,2,6,13H2,1H3. The molecule has 4 N–H and O–H groups in total. The van der Waals surface area contributed by atoms with Gasteiger partial charge in [0.05, 0.1) is 6.17 Å². The van der Waals surface area contributed by atoms with E-state index in [9.17, 15) is 0 Å². The molecule has 3 unspecified atom stereocenters. The largest absolute Gasteiger partial charge is 0.454 e. The summed E-state index contributed by atoms with van der Waals surface area (Å²) >= 11 is 0. The van der Waals surface area contributed by atoms with Crippen molar-refractivity contribution >= 4 is 0 Å². The summed E-state index contributed by atoms with van der Waals surface area (Å²) in [6, 6.07) is 6.40. The van der Waals surface area contributed by atoms with Crippen LogP contribution in [0.5, 0.6) is 11.5 Å². The Morgan fingerprint density at radius 1 is 1.29 bits per heavy atom.